The molecule has 6 heteroatoms. The van der Waals surface area contributed by atoms with Gasteiger partial charge in [0.05, 0.1) is 0 Å². The molecule has 0 saturated carbocycles. The fourth-order valence-corrected chi connectivity index (χ4v) is 2.81. The van der Waals surface area contributed by atoms with Crippen molar-refractivity contribution in [1.29, 1.82) is 0 Å². The predicted octanol–water partition coefficient (Wildman–Crippen LogP) is 3.42. The third kappa shape index (κ3) is 4.41. The second-order valence-corrected chi connectivity index (χ2v) is 5.41. The van der Waals surface area contributed by atoms with Crippen LogP contribution < -0.4 is 5.32 Å². The summed E-state index contributed by atoms with van der Waals surface area (Å²) in [6.45, 7) is 4.48. The number of piperazine rings is 1. The summed E-state index contributed by atoms with van der Waals surface area (Å²) >= 11 is 0. The zero-order valence-corrected chi connectivity index (χ0v) is 12.0. The molecular weight excluding hydrogens is 284 g/mol. The summed E-state index contributed by atoms with van der Waals surface area (Å²) in [7, 11) is 0. The molecule has 1 N–H and O–H groups in total. The maximum atomic E-state index is 13.7. The highest BCUT2D eigenvalue weighted by Crippen LogP contribution is 2.33. The Balaban J connectivity index is 2.23. The molecule has 0 unspecified atom stereocenters. The number of halogens is 4. The number of rotatable bonds is 4. The van der Waals surface area contributed by atoms with E-state index in [1.807, 2.05) is 4.90 Å². The van der Waals surface area contributed by atoms with Gasteiger partial charge in [-0.15, -0.1) is 0 Å². The topological polar surface area (TPSA) is 15.3 Å². The highest BCUT2D eigenvalue weighted by molar-refractivity contribution is 5.30. The molecule has 0 spiro atoms. The summed E-state index contributed by atoms with van der Waals surface area (Å²) in [6, 6.07) is 4.27. The normalized spacial score (nSPS) is 18.7. The van der Waals surface area contributed by atoms with E-state index in [1.165, 1.54) is 6.07 Å². The molecule has 1 saturated heterocycles. The Hall–Kier alpha value is -1.14. The van der Waals surface area contributed by atoms with Crippen LogP contribution in [0, 0.1) is 12.7 Å². The van der Waals surface area contributed by atoms with Crippen molar-refractivity contribution in [1.82, 2.24) is 10.2 Å². The molecule has 0 aromatic heterocycles. The van der Waals surface area contributed by atoms with Gasteiger partial charge in [0, 0.05) is 38.6 Å². The second kappa shape index (κ2) is 6.75. The molecule has 0 amide bonds. The van der Waals surface area contributed by atoms with Crippen molar-refractivity contribution in [2.45, 2.75) is 32.0 Å². The number of hydrogen-bond donors (Lipinski definition) is 1. The lowest BCUT2D eigenvalue weighted by molar-refractivity contribution is -0.138. The Kier molecular flexibility index (Phi) is 5.22. The van der Waals surface area contributed by atoms with E-state index in [9.17, 15) is 17.6 Å². The van der Waals surface area contributed by atoms with Crippen molar-refractivity contribution in [3.63, 3.8) is 0 Å². The van der Waals surface area contributed by atoms with Gasteiger partial charge in [-0.25, -0.2) is 4.39 Å². The van der Waals surface area contributed by atoms with Crippen LogP contribution in [-0.4, -0.2) is 37.3 Å². The summed E-state index contributed by atoms with van der Waals surface area (Å²) in [4.78, 5) is 2.02. The largest absolute Gasteiger partial charge is 0.389 e. The number of benzene rings is 1. The average Bonchev–Trinajstić information content (AvgIpc) is 2.43. The molecular formula is C15H20F4N2. The van der Waals surface area contributed by atoms with Gasteiger partial charge in [0.25, 0.3) is 0 Å². The molecule has 2 rings (SSSR count). The van der Waals surface area contributed by atoms with Crippen LogP contribution in [0.1, 0.15) is 30.0 Å². The van der Waals surface area contributed by atoms with Crippen molar-refractivity contribution in [3.05, 3.63) is 35.1 Å². The lowest BCUT2D eigenvalue weighted by atomic mass is 9.95. The Morgan fingerprint density at radius 1 is 1.24 bits per heavy atom. The Morgan fingerprint density at radius 3 is 2.52 bits per heavy atom. The molecule has 21 heavy (non-hydrogen) atoms. The molecule has 1 atom stereocenters. The first-order chi connectivity index (χ1) is 9.88. The molecule has 118 valence electrons. The van der Waals surface area contributed by atoms with E-state index in [1.54, 1.807) is 19.1 Å². The minimum absolute atomic E-state index is 0.0339. The summed E-state index contributed by atoms with van der Waals surface area (Å²) < 4.78 is 51.4. The molecule has 1 aromatic carbocycles. The Bertz CT molecular complexity index is 467. The first-order valence-electron chi connectivity index (χ1n) is 7.15. The highest BCUT2D eigenvalue weighted by Gasteiger charge is 2.32. The number of nitrogens with one attached hydrogen (secondary N) is 1. The van der Waals surface area contributed by atoms with Crippen LogP contribution in [0.3, 0.4) is 0 Å². The average molecular weight is 304 g/mol. The number of alkyl halides is 3. The van der Waals surface area contributed by atoms with Crippen LogP contribution in [0.4, 0.5) is 17.6 Å². The minimum Gasteiger partial charge on any atom is -0.314 e. The zero-order chi connectivity index (χ0) is 15.5. The van der Waals surface area contributed by atoms with E-state index in [4.69, 9.17) is 0 Å². The van der Waals surface area contributed by atoms with Crippen molar-refractivity contribution < 1.29 is 17.6 Å². The van der Waals surface area contributed by atoms with Crippen molar-refractivity contribution in [3.8, 4) is 0 Å². The molecule has 1 heterocycles. The quantitative estimate of drug-likeness (QED) is 0.858. The predicted molar refractivity (Wildman–Crippen MR) is 73.6 cm³/mol. The third-order valence-corrected chi connectivity index (χ3v) is 3.96. The summed E-state index contributed by atoms with van der Waals surface area (Å²) in [5.41, 5.74) is 1.12. The fraction of sp³-hybridized carbons (Fsp3) is 0.600. The van der Waals surface area contributed by atoms with Crippen LogP contribution in [0.15, 0.2) is 18.2 Å². The monoisotopic (exact) mass is 304 g/mol. The lowest BCUT2D eigenvalue weighted by Crippen LogP contribution is -2.45. The first-order valence-corrected chi connectivity index (χ1v) is 7.15. The van der Waals surface area contributed by atoms with Gasteiger partial charge in [-0.2, -0.15) is 13.2 Å². The second-order valence-electron chi connectivity index (χ2n) is 5.41. The first kappa shape index (κ1) is 16.2. The van der Waals surface area contributed by atoms with E-state index in [-0.39, 0.29) is 18.3 Å². The maximum Gasteiger partial charge on any atom is 0.389 e. The molecule has 1 aliphatic heterocycles. The van der Waals surface area contributed by atoms with Gasteiger partial charge in [-0.1, -0.05) is 12.1 Å². The third-order valence-electron chi connectivity index (χ3n) is 3.96. The van der Waals surface area contributed by atoms with Crippen LogP contribution in [0.25, 0.3) is 0 Å². The molecule has 0 aliphatic carbocycles. The van der Waals surface area contributed by atoms with E-state index in [2.05, 4.69) is 5.32 Å². The van der Waals surface area contributed by atoms with Crippen LogP contribution in [-0.2, 0) is 0 Å². The molecule has 0 radical (unpaired) electrons. The molecule has 1 aromatic rings. The number of hydrogen-bond acceptors (Lipinski definition) is 2. The summed E-state index contributed by atoms with van der Waals surface area (Å²) in [5.74, 6) is -0.361. The van der Waals surface area contributed by atoms with Crippen molar-refractivity contribution in [2.24, 2.45) is 0 Å². The van der Waals surface area contributed by atoms with Gasteiger partial charge < -0.3 is 5.32 Å². The van der Waals surface area contributed by atoms with E-state index in [0.29, 0.717) is 24.2 Å². The van der Waals surface area contributed by atoms with E-state index in [0.717, 1.165) is 13.1 Å². The van der Waals surface area contributed by atoms with Crippen molar-refractivity contribution >= 4 is 0 Å². The van der Waals surface area contributed by atoms with Crippen LogP contribution in [0.2, 0.25) is 0 Å². The van der Waals surface area contributed by atoms with Gasteiger partial charge in [0.2, 0.25) is 0 Å². The summed E-state index contributed by atoms with van der Waals surface area (Å²) in [5, 5.41) is 3.18. The minimum atomic E-state index is -4.19. The Morgan fingerprint density at radius 2 is 1.90 bits per heavy atom. The van der Waals surface area contributed by atoms with Gasteiger partial charge in [-0.05, 0) is 30.5 Å². The van der Waals surface area contributed by atoms with Gasteiger partial charge in [0.15, 0.2) is 0 Å². The molecule has 1 fully saturated rings. The van der Waals surface area contributed by atoms with Gasteiger partial charge in [-0.3, -0.25) is 4.90 Å². The maximum absolute atomic E-state index is 13.7. The smallest absolute Gasteiger partial charge is 0.314 e. The lowest BCUT2D eigenvalue weighted by Gasteiger charge is -2.36. The Labute approximate surface area is 122 Å². The molecule has 2 nitrogen and oxygen atoms in total. The molecule has 0 bridgehead atoms. The van der Waals surface area contributed by atoms with Gasteiger partial charge >= 0.3 is 6.18 Å². The molecule has 1 aliphatic rings. The van der Waals surface area contributed by atoms with E-state index < -0.39 is 12.6 Å². The highest BCUT2D eigenvalue weighted by atomic mass is 19.4. The van der Waals surface area contributed by atoms with Crippen molar-refractivity contribution in [2.75, 3.05) is 26.2 Å². The fourth-order valence-electron chi connectivity index (χ4n) is 2.81. The number of nitrogens with zero attached hydrogens (tertiary/aromatic N) is 1. The zero-order valence-electron chi connectivity index (χ0n) is 12.0. The SMILES string of the molecule is Cc1c(F)cccc1[C@H](CCC(F)(F)F)N1CCNCC1. The summed E-state index contributed by atoms with van der Waals surface area (Å²) in [6.07, 6.45) is -5.07. The van der Waals surface area contributed by atoms with Crippen LogP contribution in [0.5, 0.6) is 0 Å². The van der Waals surface area contributed by atoms with Gasteiger partial charge in [0.1, 0.15) is 5.82 Å². The van der Waals surface area contributed by atoms with Crippen LogP contribution >= 0.6 is 0 Å². The standard InChI is InChI=1S/C15H20F4N2/c1-11-12(3-2-4-13(11)16)14(5-6-15(17,18)19)21-9-7-20-8-10-21/h2-4,14,20H,5-10H2,1H3/t14-/m0/s1. The van der Waals surface area contributed by atoms with E-state index >= 15 is 0 Å².